The Balaban J connectivity index is 0.00000363. The van der Waals surface area contributed by atoms with E-state index in [0.717, 1.165) is 69.5 Å². The summed E-state index contributed by atoms with van der Waals surface area (Å²) in [6.45, 7) is 4.80. The second-order valence-electron chi connectivity index (χ2n) is 7.55. The zero-order chi connectivity index (χ0) is 21.9. The average Bonchev–Trinajstić information content (AvgIpc) is 2.81. The maximum absolute atomic E-state index is 13.3. The molecule has 0 amide bonds. The number of ether oxygens (including phenoxy) is 2. The van der Waals surface area contributed by atoms with Crippen LogP contribution in [0.25, 0.3) is 0 Å². The number of morpholine rings is 1. The van der Waals surface area contributed by atoms with Crippen LogP contribution in [-0.2, 0) is 11.2 Å². The van der Waals surface area contributed by atoms with Crippen molar-refractivity contribution in [2.75, 3.05) is 53.6 Å². The molecule has 0 bridgehead atoms. The minimum atomic E-state index is -0.185. The zero-order valence-electron chi connectivity index (χ0n) is 18.9. The molecule has 1 unspecified atom stereocenters. The number of aryl methyl sites for hydroxylation is 1. The van der Waals surface area contributed by atoms with Gasteiger partial charge in [0.2, 0.25) is 0 Å². The summed E-state index contributed by atoms with van der Waals surface area (Å²) in [7, 11) is 3.46. The Bertz CT molecular complexity index is 829. The van der Waals surface area contributed by atoms with Gasteiger partial charge in [-0.3, -0.25) is 9.89 Å². The molecule has 8 heteroatoms. The molecule has 2 aromatic rings. The van der Waals surface area contributed by atoms with Gasteiger partial charge in [-0.15, -0.1) is 24.0 Å². The molecule has 6 nitrogen and oxygen atoms in total. The second kappa shape index (κ2) is 14.3. The van der Waals surface area contributed by atoms with Crippen LogP contribution in [0.5, 0.6) is 5.75 Å². The van der Waals surface area contributed by atoms with Gasteiger partial charge in [0.1, 0.15) is 11.6 Å². The molecule has 3 rings (SSSR count). The molecule has 2 aromatic carbocycles. The molecule has 0 aliphatic carbocycles. The predicted octanol–water partition coefficient (Wildman–Crippen LogP) is 3.62. The Morgan fingerprint density at radius 1 is 1.16 bits per heavy atom. The number of benzene rings is 2. The molecule has 176 valence electrons. The van der Waals surface area contributed by atoms with E-state index in [1.54, 1.807) is 26.3 Å². The molecular formula is C24H34FIN4O2. The normalized spacial score (nSPS) is 15.5. The highest BCUT2D eigenvalue weighted by molar-refractivity contribution is 14.0. The molecule has 1 atom stereocenters. The lowest BCUT2D eigenvalue weighted by Gasteiger charge is -2.35. The van der Waals surface area contributed by atoms with Crippen LogP contribution in [0.4, 0.5) is 4.39 Å². The fourth-order valence-electron chi connectivity index (χ4n) is 3.78. The number of guanidine groups is 1. The van der Waals surface area contributed by atoms with Crippen molar-refractivity contribution in [1.29, 1.82) is 0 Å². The molecule has 0 aromatic heterocycles. The summed E-state index contributed by atoms with van der Waals surface area (Å²) in [5.74, 6) is 1.44. The minimum Gasteiger partial charge on any atom is -0.497 e. The number of hydrogen-bond acceptors (Lipinski definition) is 4. The summed E-state index contributed by atoms with van der Waals surface area (Å²) in [6, 6.07) is 15.2. The van der Waals surface area contributed by atoms with Gasteiger partial charge in [-0.1, -0.05) is 24.3 Å². The van der Waals surface area contributed by atoms with Crippen molar-refractivity contribution < 1.29 is 13.9 Å². The predicted molar refractivity (Wildman–Crippen MR) is 138 cm³/mol. The molecule has 0 radical (unpaired) electrons. The van der Waals surface area contributed by atoms with Crippen LogP contribution in [-0.4, -0.2) is 64.4 Å². The number of methoxy groups -OCH3 is 1. The Labute approximate surface area is 207 Å². The Kier molecular flexibility index (Phi) is 11.8. The number of nitrogens with zero attached hydrogens (tertiary/aromatic N) is 2. The van der Waals surface area contributed by atoms with Gasteiger partial charge in [-0.2, -0.15) is 0 Å². The molecule has 0 saturated carbocycles. The van der Waals surface area contributed by atoms with Crippen molar-refractivity contribution in [2.45, 2.75) is 18.9 Å². The molecule has 1 aliphatic rings. The zero-order valence-corrected chi connectivity index (χ0v) is 21.2. The molecule has 32 heavy (non-hydrogen) atoms. The summed E-state index contributed by atoms with van der Waals surface area (Å²) in [5, 5.41) is 6.83. The first-order valence-electron chi connectivity index (χ1n) is 10.8. The highest BCUT2D eigenvalue weighted by Gasteiger charge is 2.23. The van der Waals surface area contributed by atoms with Crippen LogP contribution in [0, 0.1) is 5.82 Å². The van der Waals surface area contributed by atoms with Gasteiger partial charge in [0.15, 0.2) is 5.96 Å². The molecule has 1 saturated heterocycles. The van der Waals surface area contributed by atoms with Crippen molar-refractivity contribution in [2.24, 2.45) is 4.99 Å². The van der Waals surface area contributed by atoms with E-state index < -0.39 is 0 Å². The summed E-state index contributed by atoms with van der Waals surface area (Å²) >= 11 is 0. The van der Waals surface area contributed by atoms with Crippen LogP contribution in [0.1, 0.15) is 23.6 Å². The SMILES string of the molecule is CN=C(NCCCc1cccc(F)c1)NCC(c1ccc(OC)cc1)N1CCOCC1.I. The van der Waals surface area contributed by atoms with Crippen molar-refractivity contribution >= 4 is 29.9 Å². The Morgan fingerprint density at radius 3 is 2.56 bits per heavy atom. The largest absolute Gasteiger partial charge is 0.497 e. The highest BCUT2D eigenvalue weighted by atomic mass is 127. The third kappa shape index (κ3) is 8.22. The number of halogens is 2. The van der Waals surface area contributed by atoms with Crippen LogP contribution >= 0.6 is 24.0 Å². The summed E-state index contributed by atoms with van der Waals surface area (Å²) in [6.07, 6.45) is 1.72. The quantitative estimate of drug-likeness (QED) is 0.214. The number of rotatable bonds is 9. The lowest BCUT2D eigenvalue weighted by molar-refractivity contribution is 0.0170. The van der Waals surface area contributed by atoms with Crippen LogP contribution in [0.15, 0.2) is 53.5 Å². The van der Waals surface area contributed by atoms with Gasteiger partial charge in [0.05, 0.1) is 26.4 Å². The molecule has 2 N–H and O–H groups in total. The maximum Gasteiger partial charge on any atom is 0.191 e. The first kappa shape index (κ1) is 26.3. The van der Waals surface area contributed by atoms with Crippen molar-refractivity contribution in [1.82, 2.24) is 15.5 Å². The van der Waals surface area contributed by atoms with E-state index in [4.69, 9.17) is 9.47 Å². The van der Waals surface area contributed by atoms with Crippen LogP contribution in [0.2, 0.25) is 0 Å². The Hall–Kier alpha value is -1.91. The molecule has 0 spiro atoms. The van der Waals surface area contributed by atoms with E-state index in [2.05, 4.69) is 32.7 Å². The van der Waals surface area contributed by atoms with Crippen LogP contribution in [0.3, 0.4) is 0 Å². The topological polar surface area (TPSA) is 58.1 Å². The van der Waals surface area contributed by atoms with E-state index in [1.807, 2.05) is 18.2 Å². The van der Waals surface area contributed by atoms with Crippen molar-refractivity contribution in [3.8, 4) is 5.75 Å². The first-order valence-corrected chi connectivity index (χ1v) is 10.8. The van der Waals surface area contributed by atoms with Gasteiger partial charge in [0.25, 0.3) is 0 Å². The summed E-state index contributed by atoms with van der Waals surface area (Å²) in [5.41, 5.74) is 2.24. The average molecular weight is 556 g/mol. The monoisotopic (exact) mass is 556 g/mol. The van der Waals surface area contributed by atoms with Gasteiger partial charge < -0.3 is 20.1 Å². The summed E-state index contributed by atoms with van der Waals surface area (Å²) < 4.78 is 24.1. The van der Waals surface area contributed by atoms with Crippen LogP contribution < -0.4 is 15.4 Å². The number of hydrogen-bond donors (Lipinski definition) is 2. The highest BCUT2D eigenvalue weighted by Crippen LogP contribution is 2.23. The van der Waals surface area contributed by atoms with Gasteiger partial charge in [-0.25, -0.2) is 4.39 Å². The fraction of sp³-hybridized carbons (Fsp3) is 0.458. The van der Waals surface area contributed by atoms with Crippen molar-refractivity contribution in [3.63, 3.8) is 0 Å². The molecular weight excluding hydrogens is 522 g/mol. The van der Waals surface area contributed by atoms with Gasteiger partial charge >= 0.3 is 0 Å². The Morgan fingerprint density at radius 2 is 1.91 bits per heavy atom. The maximum atomic E-state index is 13.3. The van der Waals surface area contributed by atoms with Gasteiger partial charge in [0, 0.05) is 33.2 Å². The third-order valence-electron chi connectivity index (χ3n) is 5.50. The molecule has 1 heterocycles. The van der Waals surface area contributed by atoms with E-state index in [9.17, 15) is 4.39 Å². The van der Waals surface area contributed by atoms with E-state index in [0.29, 0.717) is 0 Å². The minimum absolute atomic E-state index is 0. The number of nitrogens with one attached hydrogen (secondary N) is 2. The van der Waals surface area contributed by atoms with E-state index in [1.165, 1.54) is 11.6 Å². The number of aliphatic imine (C=N–C) groups is 1. The van der Waals surface area contributed by atoms with Gasteiger partial charge in [-0.05, 0) is 48.2 Å². The van der Waals surface area contributed by atoms with E-state index in [-0.39, 0.29) is 35.8 Å². The second-order valence-corrected chi connectivity index (χ2v) is 7.55. The van der Waals surface area contributed by atoms with Crippen molar-refractivity contribution in [3.05, 3.63) is 65.5 Å². The lowest BCUT2D eigenvalue weighted by atomic mass is 10.0. The molecule has 1 fully saturated rings. The molecule has 1 aliphatic heterocycles. The summed E-state index contributed by atoms with van der Waals surface area (Å²) in [4.78, 5) is 6.80. The fourth-order valence-corrected chi connectivity index (χ4v) is 3.78. The standard InChI is InChI=1S/C24H33FN4O2.HI/c1-26-24(27-12-4-6-19-5-3-7-21(25)17-19)28-18-23(29-13-15-31-16-14-29)20-8-10-22(30-2)11-9-20;/h3,5,7-11,17,23H,4,6,12-16,18H2,1-2H3,(H2,26,27,28);1H. The smallest absolute Gasteiger partial charge is 0.191 e. The lowest BCUT2D eigenvalue weighted by Crippen LogP contribution is -2.46. The third-order valence-corrected chi connectivity index (χ3v) is 5.50. The van der Waals surface area contributed by atoms with E-state index >= 15 is 0 Å². The first-order chi connectivity index (χ1) is 15.2.